The van der Waals surface area contributed by atoms with Crippen LogP contribution in [0.2, 0.25) is 0 Å². The molecule has 0 saturated carbocycles. The Morgan fingerprint density at radius 2 is 2.07 bits per heavy atom. The number of benzene rings is 1. The molecule has 0 saturated heterocycles. The van der Waals surface area contributed by atoms with Crippen LogP contribution in [0.4, 0.5) is 11.4 Å². The van der Waals surface area contributed by atoms with Gasteiger partial charge in [-0.3, -0.25) is 0 Å². The molecule has 14 heavy (non-hydrogen) atoms. The Labute approximate surface area is 78.9 Å². The second-order valence-corrected chi connectivity index (χ2v) is 3.04. The number of aliphatic hydroxyl groups is 1. The molecule has 0 atom stereocenters. The van der Waals surface area contributed by atoms with Crippen LogP contribution in [-0.4, -0.2) is 17.5 Å². The van der Waals surface area contributed by atoms with E-state index in [4.69, 9.17) is 5.11 Å². The van der Waals surface area contributed by atoms with Crippen LogP contribution in [0, 0.1) is 0 Å². The van der Waals surface area contributed by atoms with E-state index in [1.54, 1.807) is 6.20 Å². The highest BCUT2D eigenvalue weighted by Gasteiger charge is 2.10. The molecule has 2 heterocycles. The molecular formula is C9H6N4O. The molecule has 0 fully saturated rings. The summed E-state index contributed by atoms with van der Waals surface area (Å²) in [6.07, 6.45) is 1.68. The SMILES string of the molecule is OCC1=Nc2cc3c(cc2=N1)N=NC=3. The van der Waals surface area contributed by atoms with E-state index in [1.807, 2.05) is 12.1 Å². The predicted octanol–water partition coefficient (Wildman–Crippen LogP) is 0.177. The summed E-state index contributed by atoms with van der Waals surface area (Å²) in [5.74, 6) is 0.445. The largest absolute Gasteiger partial charge is 0.388 e. The third kappa shape index (κ3) is 0.928. The van der Waals surface area contributed by atoms with Crippen molar-refractivity contribution in [2.24, 2.45) is 20.2 Å². The topological polar surface area (TPSA) is 69.7 Å². The van der Waals surface area contributed by atoms with Gasteiger partial charge in [0.1, 0.15) is 6.61 Å². The van der Waals surface area contributed by atoms with Gasteiger partial charge in [0.2, 0.25) is 0 Å². The van der Waals surface area contributed by atoms with Crippen molar-refractivity contribution in [1.82, 2.24) is 0 Å². The Bertz CT molecular complexity index is 586. The summed E-state index contributed by atoms with van der Waals surface area (Å²) in [7, 11) is 0. The van der Waals surface area contributed by atoms with Crippen LogP contribution < -0.4 is 10.6 Å². The standard InChI is InChI=1S/C9H6N4O/c14-4-9-11-7-1-5-3-10-13-6(5)2-8(7)12-9/h1-3,14H,4H2. The molecule has 1 aromatic carbocycles. The summed E-state index contributed by atoms with van der Waals surface area (Å²) < 4.78 is 0. The molecule has 5 nitrogen and oxygen atoms in total. The van der Waals surface area contributed by atoms with Crippen molar-refractivity contribution < 1.29 is 5.11 Å². The van der Waals surface area contributed by atoms with Gasteiger partial charge in [-0.25, -0.2) is 9.98 Å². The molecule has 1 aromatic rings. The van der Waals surface area contributed by atoms with Gasteiger partial charge in [-0.15, -0.1) is 0 Å². The van der Waals surface area contributed by atoms with E-state index in [-0.39, 0.29) is 6.61 Å². The lowest BCUT2D eigenvalue weighted by Crippen LogP contribution is -2.06. The van der Waals surface area contributed by atoms with E-state index in [0.29, 0.717) is 5.84 Å². The fourth-order valence-corrected chi connectivity index (χ4v) is 1.48. The average Bonchev–Trinajstić information content (AvgIpc) is 2.77. The highest BCUT2D eigenvalue weighted by molar-refractivity contribution is 5.89. The number of hydrogen-bond acceptors (Lipinski definition) is 5. The maximum Gasteiger partial charge on any atom is 0.155 e. The molecule has 0 unspecified atom stereocenters. The smallest absolute Gasteiger partial charge is 0.155 e. The Hall–Kier alpha value is -1.88. The molecule has 0 spiro atoms. The zero-order valence-corrected chi connectivity index (χ0v) is 7.18. The van der Waals surface area contributed by atoms with Gasteiger partial charge in [-0.1, -0.05) is 0 Å². The molecule has 0 amide bonds. The van der Waals surface area contributed by atoms with Gasteiger partial charge >= 0.3 is 0 Å². The third-order valence-corrected chi connectivity index (χ3v) is 2.13. The number of rotatable bonds is 1. The summed E-state index contributed by atoms with van der Waals surface area (Å²) in [6, 6.07) is 3.70. The maximum atomic E-state index is 8.87. The molecule has 2 aliphatic rings. The van der Waals surface area contributed by atoms with Gasteiger partial charge in [-0.05, 0) is 12.1 Å². The highest BCUT2D eigenvalue weighted by atomic mass is 16.3. The van der Waals surface area contributed by atoms with Crippen molar-refractivity contribution in [3.8, 4) is 0 Å². The van der Waals surface area contributed by atoms with Gasteiger partial charge in [0.25, 0.3) is 0 Å². The monoisotopic (exact) mass is 186 g/mol. The minimum atomic E-state index is -0.134. The van der Waals surface area contributed by atoms with Gasteiger partial charge in [0.05, 0.1) is 22.9 Å². The van der Waals surface area contributed by atoms with E-state index >= 15 is 0 Å². The van der Waals surface area contributed by atoms with Crippen LogP contribution in [0.5, 0.6) is 0 Å². The van der Waals surface area contributed by atoms with Crippen molar-refractivity contribution in [3.63, 3.8) is 0 Å². The van der Waals surface area contributed by atoms with Crippen molar-refractivity contribution in [2.75, 3.05) is 6.61 Å². The van der Waals surface area contributed by atoms with Gasteiger partial charge < -0.3 is 5.11 Å². The normalized spacial score (nSPS) is 15.6. The van der Waals surface area contributed by atoms with Crippen molar-refractivity contribution in [3.05, 3.63) is 22.7 Å². The first kappa shape index (κ1) is 7.52. The summed E-state index contributed by atoms with van der Waals surface area (Å²) in [5, 5.41) is 18.3. The molecule has 3 rings (SSSR count). The van der Waals surface area contributed by atoms with Gasteiger partial charge in [0.15, 0.2) is 5.84 Å². The first-order chi connectivity index (χ1) is 6.86. The lowest BCUT2D eigenvalue weighted by atomic mass is 10.2. The molecule has 5 heteroatoms. The number of aliphatic hydroxyl groups excluding tert-OH is 1. The van der Waals surface area contributed by atoms with E-state index in [9.17, 15) is 0 Å². The first-order valence-corrected chi connectivity index (χ1v) is 4.19. The van der Waals surface area contributed by atoms with E-state index < -0.39 is 0 Å². The number of hydrogen-bond donors (Lipinski definition) is 1. The first-order valence-electron chi connectivity index (χ1n) is 4.19. The summed E-state index contributed by atoms with van der Waals surface area (Å²) in [4.78, 5) is 8.28. The van der Waals surface area contributed by atoms with E-state index in [1.165, 1.54) is 0 Å². The Morgan fingerprint density at radius 1 is 1.14 bits per heavy atom. The lowest BCUT2D eigenvalue weighted by Gasteiger charge is -1.89. The second-order valence-electron chi connectivity index (χ2n) is 3.04. The molecule has 0 radical (unpaired) electrons. The van der Waals surface area contributed by atoms with Gasteiger partial charge in [-0.2, -0.15) is 10.2 Å². The van der Waals surface area contributed by atoms with Crippen molar-refractivity contribution >= 4 is 23.4 Å². The molecule has 2 aliphatic heterocycles. The minimum Gasteiger partial charge on any atom is -0.388 e. The number of amidine groups is 1. The van der Waals surface area contributed by atoms with Crippen LogP contribution in [0.3, 0.4) is 0 Å². The van der Waals surface area contributed by atoms with E-state index in [0.717, 1.165) is 22.0 Å². The highest BCUT2D eigenvalue weighted by Crippen LogP contribution is 2.15. The maximum absolute atomic E-state index is 8.87. The Kier molecular flexibility index (Phi) is 1.37. The number of nitrogens with zero attached hydrogens (tertiary/aromatic N) is 4. The van der Waals surface area contributed by atoms with Crippen molar-refractivity contribution in [1.29, 1.82) is 0 Å². The molecule has 0 aromatic heterocycles. The number of azo groups is 1. The summed E-state index contributed by atoms with van der Waals surface area (Å²) >= 11 is 0. The van der Waals surface area contributed by atoms with Crippen LogP contribution in [-0.2, 0) is 0 Å². The average molecular weight is 186 g/mol. The molecule has 1 N–H and O–H groups in total. The lowest BCUT2D eigenvalue weighted by molar-refractivity contribution is 0.356. The minimum absolute atomic E-state index is 0.134. The Morgan fingerprint density at radius 3 is 2.93 bits per heavy atom. The van der Waals surface area contributed by atoms with Crippen LogP contribution in [0.25, 0.3) is 6.20 Å². The molecular weight excluding hydrogens is 180 g/mol. The molecule has 0 bridgehead atoms. The van der Waals surface area contributed by atoms with Crippen LogP contribution >= 0.6 is 0 Å². The van der Waals surface area contributed by atoms with Crippen molar-refractivity contribution in [2.45, 2.75) is 0 Å². The van der Waals surface area contributed by atoms with Crippen LogP contribution in [0.1, 0.15) is 0 Å². The fraction of sp³-hybridized carbons (Fsp3) is 0.111. The third-order valence-electron chi connectivity index (χ3n) is 2.13. The van der Waals surface area contributed by atoms with E-state index in [2.05, 4.69) is 20.2 Å². The fourth-order valence-electron chi connectivity index (χ4n) is 1.48. The number of fused-ring (bicyclic) bond motifs is 2. The zero-order valence-electron chi connectivity index (χ0n) is 7.18. The molecule has 0 aliphatic carbocycles. The van der Waals surface area contributed by atoms with Gasteiger partial charge in [0, 0.05) is 5.22 Å². The molecule has 68 valence electrons. The number of aliphatic imine (C=N–C) groups is 1. The summed E-state index contributed by atoms with van der Waals surface area (Å²) in [5.41, 5.74) is 1.58. The predicted molar refractivity (Wildman–Crippen MR) is 50.4 cm³/mol. The summed E-state index contributed by atoms with van der Waals surface area (Å²) in [6.45, 7) is -0.134. The zero-order chi connectivity index (χ0) is 9.54. The second kappa shape index (κ2) is 2.55. The quantitative estimate of drug-likeness (QED) is 0.667. The Balaban J connectivity index is 2.29. The van der Waals surface area contributed by atoms with Crippen LogP contribution in [0.15, 0.2) is 32.3 Å².